The summed E-state index contributed by atoms with van der Waals surface area (Å²) in [4.78, 5) is 5.37. The first-order chi connectivity index (χ1) is 10.3. The van der Waals surface area contributed by atoms with E-state index in [9.17, 15) is 4.39 Å². The summed E-state index contributed by atoms with van der Waals surface area (Å²) < 4.78 is 13.2. The highest BCUT2D eigenvalue weighted by Gasteiger charge is 2.25. The molecule has 3 rings (SSSR count). The van der Waals surface area contributed by atoms with Crippen LogP contribution in [0.3, 0.4) is 0 Å². The standard InChI is InChI=1S/C18H22FNS/c1-2-16-10-11-17(21-16)18(20-12-4-3-5-13-20)14-6-8-15(19)9-7-14/h6-11,18H,2-5,12-13H2,1H3. The van der Waals surface area contributed by atoms with Gasteiger partial charge in [-0.3, -0.25) is 4.90 Å². The van der Waals surface area contributed by atoms with Gasteiger partial charge in [-0.2, -0.15) is 0 Å². The number of rotatable bonds is 4. The Hall–Kier alpha value is -1.19. The molecule has 1 atom stereocenters. The van der Waals surface area contributed by atoms with E-state index in [0.29, 0.717) is 0 Å². The van der Waals surface area contributed by atoms with Crippen molar-refractivity contribution in [2.45, 2.75) is 38.6 Å². The van der Waals surface area contributed by atoms with Crippen molar-refractivity contribution in [2.75, 3.05) is 13.1 Å². The summed E-state index contributed by atoms with van der Waals surface area (Å²) in [5.41, 5.74) is 1.21. The molecular weight excluding hydrogens is 281 g/mol. The maximum atomic E-state index is 13.2. The highest BCUT2D eigenvalue weighted by Crippen LogP contribution is 2.35. The van der Waals surface area contributed by atoms with Gasteiger partial charge in [0.25, 0.3) is 0 Å². The Labute approximate surface area is 130 Å². The molecule has 0 N–H and O–H groups in total. The number of nitrogens with zero attached hydrogens (tertiary/aromatic N) is 1. The average molecular weight is 303 g/mol. The van der Waals surface area contributed by atoms with Gasteiger partial charge in [0.2, 0.25) is 0 Å². The third-order valence-electron chi connectivity index (χ3n) is 4.24. The van der Waals surface area contributed by atoms with Gasteiger partial charge in [-0.1, -0.05) is 25.5 Å². The Bertz CT molecular complexity index is 569. The molecule has 1 aromatic carbocycles. The molecule has 112 valence electrons. The van der Waals surface area contributed by atoms with E-state index in [4.69, 9.17) is 0 Å². The molecule has 1 saturated heterocycles. The molecule has 1 aliphatic heterocycles. The second-order valence-corrected chi connectivity index (χ2v) is 6.91. The monoisotopic (exact) mass is 303 g/mol. The maximum Gasteiger partial charge on any atom is 0.123 e. The van der Waals surface area contributed by atoms with Crippen LogP contribution in [0.4, 0.5) is 4.39 Å². The van der Waals surface area contributed by atoms with Crippen LogP contribution in [-0.2, 0) is 6.42 Å². The van der Waals surface area contributed by atoms with Crippen LogP contribution >= 0.6 is 11.3 Å². The fourth-order valence-corrected chi connectivity index (χ4v) is 4.22. The van der Waals surface area contributed by atoms with Gasteiger partial charge in [0.1, 0.15) is 5.82 Å². The summed E-state index contributed by atoms with van der Waals surface area (Å²) >= 11 is 1.90. The molecule has 0 aliphatic carbocycles. The van der Waals surface area contributed by atoms with Gasteiger partial charge in [-0.15, -0.1) is 11.3 Å². The number of hydrogen-bond donors (Lipinski definition) is 0. The summed E-state index contributed by atoms with van der Waals surface area (Å²) in [7, 11) is 0. The Kier molecular flexibility index (Phi) is 4.71. The van der Waals surface area contributed by atoms with E-state index in [1.54, 1.807) is 12.1 Å². The van der Waals surface area contributed by atoms with Crippen LogP contribution in [-0.4, -0.2) is 18.0 Å². The van der Waals surface area contributed by atoms with Crippen LogP contribution in [0.15, 0.2) is 36.4 Å². The van der Waals surface area contributed by atoms with Crippen LogP contribution in [0.25, 0.3) is 0 Å². The molecule has 0 bridgehead atoms. The van der Waals surface area contributed by atoms with Crippen molar-refractivity contribution in [3.63, 3.8) is 0 Å². The van der Waals surface area contributed by atoms with Gasteiger partial charge < -0.3 is 0 Å². The van der Waals surface area contributed by atoms with Crippen molar-refractivity contribution in [3.05, 3.63) is 57.5 Å². The first kappa shape index (κ1) is 14.7. The minimum Gasteiger partial charge on any atom is -0.292 e. The molecule has 1 aliphatic rings. The fraction of sp³-hybridized carbons (Fsp3) is 0.444. The lowest BCUT2D eigenvalue weighted by molar-refractivity contribution is 0.189. The Balaban J connectivity index is 1.95. The molecule has 1 nitrogen and oxygen atoms in total. The van der Waals surface area contributed by atoms with E-state index in [-0.39, 0.29) is 11.9 Å². The summed E-state index contributed by atoms with van der Waals surface area (Å²) in [5, 5.41) is 0. The first-order valence-electron chi connectivity index (χ1n) is 7.86. The molecule has 0 radical (unpaired) electrons. The van der Waals surface area contributed by atoms with E-state index < -0.39 is 0 Å². The molecule has 1 unspecified atom stereocenters. The highest BCUT2D eigenvalue weighted by atomic mass is 32.1. The second kappa shape index (κ2) is 6.71. The van der Waals surface area contributed by atoms with Crippen molar-refractivity contribution >= 4 is 11.3 Å². The minimum atomic E-state index is -0.156. The summed E-state index contributed by atoms with van der Waals surface area (Å²) in [6, 6.07) is 11.8. The second-order valence-electron chi connectivity index (χ2n) is 5.71. The summed E-state index contributed by atoms with van der Waals surface area (Å²) in [6.07, 6.45) is 4.95. The zero-order valence-electron chi connectivity index (χ0n) is 12.5. The van der Waals surface area contributed by atoms with E-state index in [0.717, 1.165) is 19.5 Å². The number of likely N-dealkylation sites (tertiary alicyclic amines) is 1. The maximum absolute atomic E-state index is 13.2. The molecule has 0 spiro atoms. The van der Waals surface area contributed by atoms with Crippen LogP contribution in [0.5, 0.6) is 0 Å². The van der Waals surface area contributed by atoms with Crippen molar-refractivity contribution < 1.29 is 4.39 Å². The molecule has 21 heavy (non-hydrogen) atoms. The average Bonchev–Trinajstić information content (AvgIpc) is 2.99. The normalized spacial score (nSPS) is 17.8. The van der Waals surface area contributed by atoms with Gasteiger partial charge in [-0.05, 0) is 62.2 Å². The van der Waals surface area contributed by atoms with Crippen molar-refractivity contribution in [1.29, 1.82) is 0 Å². The van der Waals surface area contributed by atoms with Crippen LogP contribution in [0.2, 0.25) is 0 Å². The topological polar surface area (TPSA) is 3.24 Å². The molecule has 0 amide bonds. The Morgan fingerprint density at radius 3 is 2.38 bits per heavy atom. The van der Waals surface area contributed by atoms with Crippen molar-refractivity contribution in [1.82, 2.24) is 4.90 Å². The largest absolute Gasteiger partial charge is 0.292 e. The van der Waals surface area contributed by atoms with Gasteiger partial charge in [0.05, 0.1) is 6.04 Å². The molecular formula is C18H22FNS. The van der Waals surface area contributed by atoms with Gasteiger partial charge in [-0.25, -0.2) is 4.39 Å². The fourth-order valence-electron chi connectivity index (χ4n) is 3.11. The summed E-state index contributed by atoms with van der Waals surface area (Å²) in [6.45, 7) is 4.48. The molecule has 0 saturated carbocycles. The zero-order chi connectivity index (χ0) is 14.7. The lowest BCUT2D eigenvalue weighted by Crippen LogP contribution is -2.34. The highest BCUT2D eigenvalue weighted by molar-refractivity contribution is 7.12. The first-order valence-corrected chi connectivity index (χ1v) is 8.67. The molecule has 2 aromatic rings. The van der Waals surface area contributed by atoms with Crippen LogP contribution in [0, 0.1) is 5.82 Å². The summed E-state index contributed by atoms with van der Waals surface area (Å²) in [5.74, 6) is -0.156. The number of aryl methyl sites for hydroxylation is 1. The molecule has 3 heteroatoms. The van der Waals surface area contributed by atoms with E-state index in [1.807, 2.05) is 23.5 Å². The van der Waals surface area contributed by atoms with Crippen molar-refractivity contribution in [3.8, 4) is 0 Å². The Morgan fingerprint density at radius 2 is 1.76 bits per heavy atom. The SMILES string of the molecule is CCc1ccc(C(c2ccc(F)cc2)N2CCCCC2)s1. The third-order valence-corrected chi connectivity index (χ3v) is 5.52. The number of thiophene rings is 1. The van der Waals surface area contributed by atoms with Crippen LogP contribution in [0.1, 0.15) is 47.5 Å². The lowest BCUT2D eigenvalue weighted by Gasteiger charge is -2.34. The number of piperidine rings is 1. The number of benzene rings is 1. The minimum absolute atomic E-state index is 0.156. The smallest absolute Gasteiger partial charge is 0.123 e. The lowest BCUT2D eigenvalue weighted by atomic mass is 10.0. The van der Waals surface area contributed by atoms with E-state index >= 15 is 0 Å². The van der Waals surface area contributed by atoms with Gasteiger partial charge >= 0.3 is 0 Å². The third kappa shape index (κ3) is 3.35. The molecule has 1 aromatic heterocycles. The van der Waals surface area contributed by atoms with E-state index in [1.165, 1.54) is 34.6 Å². The zero-order valence-corrected chi connectivity index (χ0v) is 13.3. The van der Waals surface area contributed by atoms with E-state index in [2.05, 4.69) is 24.0 Å². The number of halogens is 1. The predicted molar refractivity (Wildman–Crippen MR) is 87.4 cm³/mol. The van der Waals surface area contributed by atoms with Gasteiger partial charge in [0.15, 0.2) is 0 Å². The van der Waals surface area contributed by atoms with Crippen LogP contribution < -0.4 is 0 Å². The Morgan fingerprint density at radius 1 is 1.05 bits per heavy atom. The quantitative estimate of drug-likeness (QED) is 0.766. The number of hydrogen-bond acceptors (Lipinski definition) is 2. The van der Waals surface area contributed by atoms with Crippen molar-refractivity contribution in [2.24, 2.45) is 0 Å². The molecule has 2 heterocycles. The van der Waals surface area contributed by atoms with Gasteiger partial charge in [0, 0.05) is 9.75 Å². The molecule has 1 fully saturated rings. The predicted octanol–water partition coefficient (Wildman–Crippen LogP) is 5.02.